The highest BCUT2D eigenvalue weighted by Crippen LogP contribution is 2.18. The molecule has 0 aliphatic rings. The Labute approximate surface area is 90.8 Å². The number of hydrogen-bond donors (Lipinski definition) is 0. The van der Waals surface area contributed by atoms with Crippen LogP contribution in [0.25, 0.3) is 16.4 Å². The van der Waals surface area contributed by atoms with Crippen molar-refractivity contribution >= 4 is 28.6 Å². The van der Waals surface area contributed by atoms with E-state index in [9.17, 15) is 0 Å². The molecule has 4 nitrogen and oxygen atoms in total. The number of aromatic nitrogens is 4. The van der Waals surface area contributed by atoms with Crippen LogP contribution < -0.4 is 0 Å². The van der Waals surface area contributed by atoms with Crippen molar-refractivity contribution < 1.29 is 0 Å². The molecule has 1 aromatic carbocycles. The van der Waals surface area contributed by atoms with Gasteiger partial charge in [0.1, 0.15) is 16.5 Å². The van der Waals surface area contributed by atoms with E-state index in [0.717, 1.165) is 16.4 Å². The third-order valence-corrected chi connectivity index (χ3v) is 2.89. The fourth-order valence-electron chi connectivity index (χ4n) is 1.68. The van der Waals surface area contributed by atoms with E-state index >= 15 is 0 Å². The highest BCUT2D eigenvalue weighted by atomic mass is 32.1. The van der Waals surface area contributed by atoms with Gasteiger partial charge in [0, 0.05) is 12.4 Å². The van der Waals surface area contributed by atoms with Gasteiger partial charge in [-0.15, -0.1) is 0 Å². The number of fused-ring (bicyclic) bond motifs is 3. The molecule has 74 valence electrons. The van der Waals surface area contributed by atoms with Crippen LogP contribution >= 0.6 is 12.2 Å². The molecule has 0 amide bonds. The Hall–Kier alpha value is -1.75. The van der Waals surface area contributed by atoms with Crippen LogP contribution in [0.2, 0.25) is 0 Å². The summed E-state index contributed by atoms with van der Waals surface area (Å²) in [5.74, 6) is 0. The van der Waals surface area contributed by atoms with E-state index < -0.39 is 0 Å². The molecule has 0 unspecified atom stereocenters. The van der Waals surface area contributed by atoms with Gasteiger partial charge in [0.25, 0.3) is 0 Å². The average molecular weight is 216 g/mol. The zero-order valence-electron chi connectivity index (χ0n) is 8.08. The lowest BCUT2D eigenvalue weighted by atomic mass is 10.2. The van der Waals surface area contributed by atoms with Crippen LogP contribution in [0.5, 0.6) is 0 Å². The lowest BCUT2D eigenvalue weighted by Crippen LogP contribution is -2.02. The SMILES string of the molecule is Cn1ncn2nc3ccccc3c2c1=S. The first kappa shape index (κ1) is 8.55. The zero-order valence-corrected chi connectivity index (χ0v) is 8.90. The normalized spacial score (nSPS) is 11.3. The fourth-order valence-corrected chi connectivity index (χ4v) is 1.93. The van der Waals surface area contributed by atoms with Crippen molar-refractivity contribution in [3.63, 3.8) is 0 Å². The molecule has 0 atom stereocenters. The van der Waals surface area contributed by atoms with Crippen molar-refractivity contribution in [1.29, 1.82) is 0 Å². The molecule has 3 aromatic rings. The molecule has 2 heterocycles. The van der Waals surface area contributed by atoms with E-state index in [4.69, 9.17) is 12.2 Å². The van der Waals surface area contributed by atoms with Crippen LogP contribution in [0.4, 0.5) is 0 Å². The Morgan fingerprint density at radius 2 is 2.07 bits per heavy atom. The van der Waals surface area contributed by atoms with Crippen molar-refractivity contribution in [2.45, 2.75) is 0 Å². The third kappa shape index (κ3) is 1.10. The predicted molar refractivity (Wildman–Crippen MR) is 60.3 cm³/mol. The van der Waals surface area contributed by atoms with Crippen LogP contribution in [0.15, 0.2) is 30.6 Å². The minimum atomic E-state index is 0.700. The minimum absolute atomic E-state index is 0.700. The summed E-state index contributed by atoms with van der Waals surface area (Å²) in [5.41, 5.74) is 1.88. The number of aryl methyl sites for hydroxylation is 1. The van der Waals surface area contributed by atoms with Crippen LogP contribution in [-0.2, 0) is 7.05 Å². The van der Waals surface area contributed by atoms with Gasteiger partial charge < -0.3 is 0 Å². The van der Waals surface area contributed by atoms with E-state index in [1.165, 1.54) is 0 Å². The lowest BCUT2D eigenvalue weighted by Gasteiger charge is -1.97. The Morgan fingerprint density at radius 3 is 2.93 bits per heavy atom. The lowest BCUT2D eigenvalue weighted by molar-refractivity contribution is 0.694. The smallest absolute Gasteiger partial charge is 0.148 e. The second kappa shape index (κ2) is 2.87. The summed E-state index contributed by atoms with van der Waals surface area (Å²) in [4.78, 5) is 0. The van der Waals surface area contributed by atoms with Crippen LogP contribution in [-0.4, -0.2) is 19.4 Å². The Morgan fingerprint density at radius 1 is 1.27 bits per heavy atom. The first-order chi connectivity index (χ1) is 7.27. The van der Waals surface area contributed by atoms with Crippen LogP contribution in [0.1, 0.15) is 0 Å². The Kier molecular flexibility index (Phi) is 1.63. The Bertz CT molecular complexity index is 710. The molecule has 5 heteroatoms. The summed E-state index contributed by atoms with van der Waals surface area (Å²) < 4.78 is 4.11. The van der Waals surface area contributed by atoms with E-state index in [0.29, 0.717) is 4.64 Å². The van der Waals surface area contributed by atoms with Crippen molar-refractivity contribution in [1.82, 2.24) is 19.4 Å². The topological polar surface area (TPSA) is 35.1 Å². The molecule has 2 aromatic heterocycles. The second-order valence-corrected chi connectivity index (χ2v) is 3.76. The molecule has 0 spiro atoms. The van der Waals surface area contributed by atoms with Gasteiger partial charge in [-0.2, -0.15) is 10.2 Å². The maximum absolute atomic E-state index is 5.32. The second-order valence-electron chi connectivity index (χ2n) is 3.37. The van der Waals surface area contributed by atoms with Gasteiger partial charge in [0.05, 0.1) is 5.52 Å². The molecular weight excluding hydrogens is 208 g/mol. The van der Waals surface area contributed by atoms with Crippen LogP contribution in [0, 0.1) is 4.64 Å². The first-order valence-corrected chi connectivity index (χ1v) is 4.97. The summed E-state index contributed by atoms with van der Waals surface area (Å²) in [6.45, 7) is 0. The zero-order chi connectivity index (χ0) is 10.4. The number of nitrogens with zero attached hydrogens (tertiary/aromatic N) is 4. The Balaban J connectivity index is 2.69. The summed E-state index contributed by atoms with van der Waals surface area (Å²) in [5, 5.41) is 9.58. The van der Waals surface area contributed by atoms with E-state index in [1.807, 2.05) is 31.3 Å². The average Bonchev–Trinajstić information content (AvgIpc) is 2.62. The van der Waals surface area contributed by atoms with Gasteiger partial charge in [-0.05, 0) is 6.07 Å². The van der Waals surface area contributed by atoms with Gasteiger partial charge in [0.2, 0.25) is 0 Å². The third-order valence-electron chi connectivity index (χ3n) is 2.43. The van der Waals surface area contributed by atoms with E-state index in [-0.39, 0.29) is 0 Å². The monoisotopic (exact) mass is 216 g/mol. The number of benzene rings is 1. The summed E-state index contributed by atoms with van der Waals surface area (Å²) in [7, 11) is 1.84. The number of hydrogen-bond acceptors (Lipinski definition) is 3. The predicted octanol–water partition coefficient (Wildman–Crippen LogP) is 1.95. The molecule has 0 fully saturated rings. The molecule has 0 saturated heterocycles. The van der Waals surface area contributed by atoms with Gasteiger partial charge in [0.15, 0.2) is 0 Å². The van der Waals surface area contributed by atoms with Crippen molar-refractivity contribution in [2.75, 3.05) is 0 Å². The molecule has 0 N–H and O–H groups in total. The summed E-state index contributed by atoms with van der Waals surface area (Å²) >= 11 is 5.32. The molecule has 3 rings (SSSR count). The van der Waals surface area contributed by atoms with Crippen LogP contribution in [0.3, 0.4) is 0 Å². The largest absolute Gasteiger partial charge is 0.254 e. The molecule has 0 aliphatic heterocycles. The number of rotatable bonds is 0. The molecule has 0 radical (unpaired) electrons. The van der Waals surface area contributed by atoms with Crippen molar-refractivity contribution in [2.24, 2.45) is 7.05 Å². The minimum Gasteiger partial charge on any atom is -0.254 e. The highest BCUT2D eigenvalue weighted by molar-refractivity contribution is 7.71. The maximum Gasteiger partial charge on any atom is 0.148 e. The molecular formula is C10H8N4S. The van der Waals surface area contributed by atoms with Crippen molar-refractivity contribution in [3.05, 3.63) is 35.2 Å². The maximum atomic E-state index is 5.32. The van der Waals surface area contributed by atoms with Crippen molar-refractivity contribution in [3.8, 4) is 0 Å². The molecule has 0 aliphatic carbocycles. The fraction of sp³-hybridized carbons (Fsp3) is 0.100. The molecule has 0 bridgehead atoms. The van der Waals surface area contributed by atoms with Gasteiger partial charge >= 0.3 is 0 Å². The summed E-state index contributed by atoms with van der Waals surface area (Å²) in [6.07, 6.45) is 1.67. The first-order valence-electron chi connectivity index (χ1n) is 4.57. The van der Waals surface area contributed by atoms with Gasteiger partial charge in [-0.25, -0.2) is 4.52 Å². The quantitative estimate of drug-likeness (QED) is 0.539. The summed E-state index contributed by atoms with van der Waals surface area (Å²) in [6, 6.07) is 7.94. The van der Waals surface area contributed by atoms with E-state index in [1.54, 1.807) is 15.5 Å². The highest BCUT2D eigenvalue weighted by Gasteiger charge is 2.06. The molecule has 15 heavy (non-hydrogen) atoms. The van der Waals surface area contributed by atoms with Gasteiger partial charge in [-0.3, -0.25) is 4.68 Å². The molecule has 0 saturated carbocycles. The standard InChI is InChI=1S/C10H8N4S/c1-13-10(15)9-7-4-2-3-5-8(7)12-14(9)6-11-13/h2-6H,1H3. The van der Waals surface area contributed by atoms with E-state index in [2.05, 4.69) is 10.2 Å². The van der Waals surface area contributed by atoms with Gasteiger partial charge in [-0.1, -0.05) is 30.4 Å².